The van der Waals surface area contributed by atoms with E-state index in [0.717, 1.165) is 77.0 Å². The molecule has 0 aromatic carbocycles. The molecule has 6 heteroatoms. The van der Waals surface area contributed by atoms with E-state index in [1.54, 1.807) is 0 Å². The quantitative estimate of drug-likeness (QED) is 0.0262. The lowest BCUT2D eigenvalue weighted by atomic mass is 10.0. The van der Waals surface area contributed by atoms with Gasteiger partial charge in [0.1, 0.15) is 13.2 Å². The van der Waals surface area contributed by atoms with E-state index in [-0.39, 0.29) is 37.5 Å². The van der Waals surface area contributed by atoms with Crippen LogP contribution >= 0.6 is 0 Å². The monoisotopic (exact) mass is 867 g/mol. The van der Waals surface area contributed by atoms with E-state index in [2.05, 4.69) is 81.5 Å². The Morgan fingerprint density at radius 1 is 0.339 bits per heavy atom. The topological polar surface area (TPSA) is 78.9 Å². The Labute approximate surface area is 383 Å². The van der Waals surface area contributed by atoms with Crippen LogP contribution in [-0.2, 0) is 28.6 Å². The molecule has 0 bridgehead atoms. The lowest BCUT2D eigenvalue weighted by Gasteiger charge is -2.18. The van der Waals surface area contributed by atoms with Gasteiger partial charge in [-0.15, -0.1) is 0 Å². The van der Waals surface area contributed by atoms with Gasteiger partial charge in [-0.05, 0) is 83.5 Å². The van der Waals surface area contributed by atoms with E-state index in [9.17, 15) is 14.4 Å². The second-order valence-corrected chi connectivity index (χ2v) is 17.4. The van der Waals surface area contributed by atoms with E-state index in [1.165, 1.54) is 135 Å². The van der Waals surface area contributed by atoms with Crippen LogP contribution in [0.3, 0.4) is 0 Å². The molecule has 6 nitrogen and oxygen atoms in total. The van der Waals surface area contributed by atoms with Crippen LogP contribution in [0.1, 0.15) is 258 Å². The Kier molecular flexibility index (Phi) is 48.4. The van der Waals surface area contributed by atoms with Crippen molar-refractivity contribution in [2.24, 2.45) is 0 Å². The Morgan fingerprint density at radius 3 is 1.03 bits per heavy atom. The fourth-order valence-corrected chi connectivity index (χ4v) is 7.31. The van der Waals surface area contributed by atoms with Crippen molar-refractivity contribution >= 4 is 17.9 Å². The summed E-state index contributed by atoms with van der Waals surface area (Å²) in [5, 5.41) is 0. The van der Waals surface area contributed by atoms with Gasteiger partial charge in [-0.3, -0.25) is 14.4 Å². The molecule has 0 aliphatic heterocycles. The van der Waals surface area contributed by atoms with Gasteiger partial charge in [-0.1, -0.05) is 216 Å². The maximum atomic E-state index is 12.8. The summed E-state index contributed by atoms with van der Waals surface area (Å²) >= 11 is 0. The van der Waals surface area contributed by atoms with Gasteiger partial charge in [-0.25, -0.2) is 0 Å². The zero-order chi connectivity index (χ0) is 45.1. The molecule has 1 atom stereocenters. The molecule has 62 heavy (non-hydrogen) atoms. The van der Waals surface area contributed by atoms with Crippen LogP contribution in [0.5, 0.6) is 0 Å². The van der Waals surface area contributed by atoms with Crippen LogP contribution in [0.15, 0.2) is 60.8 Å². The molecule has 0 radical (unpaired) electrons. The number of allylic oxidation sites excluding steroid dienone is 10. The Morgan fingerprint density at radius 2 is 0.629 bits per heavy atom. The number of esters is 3. The predicted molar refractivity (Wildman–Crippen MR) is 265 cm³/mol. The van der Waals surface area contributed by atoms with Gasteiger partial charge < -0.3 is 14.2 Å². The number of carbonyl (C=O) groups is 3. The SMILES string of the molecule is CC/C=C\C/C=C\C/C=C\C/C=C\CCCCC(=O)O[C@H](COC(=O)CCCCCCCCC/C=C\CCCCCCCC)COC(=O)CCCCCCCCCCCCCC. The highest BCUT2D eigenvalue weighted by Gasteiger charge is 2.19. The van der Waals surface area contributed by atoms with Crippen molar-refractivity contribution in [2.75, 3.05) is 13.2 Å². The van der Waals surface area contributed by atoms with Crippen LogP contribution in [0.4, 0.5) is 0 Å². The molecule has 0 saturated carbocycles. The molecule has 0 heterocycles. The molecular weight excluding hydrogens is 769 g/mol. The molecule has 0 amide bonds. The molecule has 0 rings (SSSR count). The lowest BCUT2D eigenvalue weighted by Crippen LogP contribution is -2.30. The van der Waals surface area contributed by atoms with Crippen molar-refractivity contribution in [2.45, 2.75) is 264 Å². The average Bonchev–Trinajstić information content (AvgIpc) is 3.27. The van der Waals surface area contributed by atoms with Crippen LogP contribution in [0.2, 0.25) is 0 Å². The first-order valence-electron chi connectivity index (χ1n) is 26.3. The highest BCUT2D eigenvalue weighted by molar-refractivity contribution is 5.71. The average molecular weight is 867 g/mol. The first-order valence-corrected chi connectivity index (χ1v) is 26.3. The number of carbonyl (C=O) groups excluding carboxylic acids is 3. The summed E-state index contributed by atoms with van der Waals surface area (Å²) in [5.41, 5.74) is 0. The molecule has 0 aliphatic carbocycles. The second kappa shape index (κ2) is 50.8. The molecule has 358 valence electrons. The summed E-state index contributed by atoms with van der Waals surface area (Å²) in [4.78, 5) is 38.0. The summed E-state index contributed by atoms with van der Waals surface area (Å²) in [6.45, 7) is 6.49. The van der Waals surface area contributed by atoms with Crippen molar-refractivity contribution < 1.29 is 28.6 Å². The fraction of sp³-hybridized carbons (Fsp3) is 0.768. The molecule has 0 aromatic heterocycles. The summed E-state index contributed by atoms with van der Waals surface area (Å²) in [5.74, 6) is -0.931. The highest BCUT2D eigenvalue weighted by Crippen LogP contribution is 2.15. The first kappa shape index (κ1) is 59.1. The second-order valence-electron chi connectivity index (χ2n) is 17.4. The van der Waals surface area contributed by atoms with E-state index >= 15 is 0 Å². The van der Waals surface area contributed by atoms with Gasteiger partial charge in [0.15, 0.2) is 6.10 Å². The van der Waals surface area contributed by atoms with E-state index < -0.39 is 6.10 Å². The standard InChI is InChI=1S/C56H98O6/c1-4-7-10-13-16-19-22-25-27-28-30-31-34-37-40-43-46-49-55(58)61-52-53(51-60-54(57)48-45-42-39-36-33-24-21-18-15-12-9-6-3)62-56(59)50-47-44-41-38-35-32-29-26-23-20-17-14-11-8-5-2/h8,11,17,20,25-27,29,35,38,53H,4-7,9-10,12-16,18-19,21-24,28,30-34,36-37,39-52H2,1-3H3/b11-8-,20-17-,27-25-,29-26-,38-35-/t53-/m0/s1. The molecule has 0 fully saturated rings. The minimum Gasteiger partial charge on any atom is -0.462 e. The van der Waals surface area contributed by atoms with Crippen molar-refractivity contribution in [3.8, 4) is 0 Å². The zero-order valence-electron chi connectivity index (χ0n) is 40.9. The Balaban J connectivity index is 4.42. The summed E-state index contributed by atoms with van der Waals surface area (Å²) in [7, 11) is 0. The number of hydrogen-bond acceptors (Lipinski definition) is 6. The van der Waals surface area contributed by atoms with Crippen LogP contribution in [-0.4, -0.2) is 37.2 Å². The highest BCUT2D eigenvalue weighted by atomic mass is 16.6. The zero-order valence-corrected chi connectivity index (χ0v) is 40.9. The van der Waals surface area contributed by atoms with Crippen molar-refractivity contribution in [3.63, 3.8) is 0 Å². The molecule has 0 unspecified atom stereocenters. The third-order valence-electron chi connectivity index (χ3n) is 11.3. The smallest absolute Gasteiger partial charge is 0.306 e. The normalized spacial score (nSPS) is 12.5. The van der Waals surface area contributed by atoms with Crippen molar-refractivity contribution in [1.29, 1.82) is 0 Å². The number of hydrogen-bond donors (Lipinski definition) is 0. The molecule has 0 saturated heterocycles. The van der Waals surface area contributed by atoms with Gasteiger partial charge in [0.2, 0.25) is 0 Å². The van der Waals surface area contributed by atoms with Gasteiger partial charge in [0, 0.05) is 19.3 Å². The number of unbranched alkanes of at least 4 members (excludes halogenated alkanes) is 26. The third-order valence-corrected chi connectivity index (χ3v) is 11.3. The first-order chi connectivity index (χ1) is 30.5. The van der Waals surface area contributed by atoms with E-state index in [4.69, 9.17) is 14.2 Å². The van der Waals surface area contributed by atoms with E-state index in [1.807, 2.05) is 0 Å². The number of rotatable bonds is 47. The predicted octanol–water partition coefficient (Wildman–Crippen LogP) is 17.3. The maximum absolute atomic E-state index is 12.8. The summed E-state index contributed by atoms with van der Waals surface area (Å²) in [6.07, 6.45) is 62.0. The largest absolute Gasteiger partial charge is 0.462 e. The molecule has 0 aliphatic rings. The van der Waals surface area contributed by atoms with Gasteiger partial charge in [0.25, 0.3) is 0 Å². The maximum Gasteiger partial charge on any atom is 0.306 e. The van der Waals surface area contributed by atoms with Crippen molar-refractivity contribution in [3.05, 3.63) is 60.8 Å². The van der Waals surface area contributed by atoms with Crippen LogP contribution in [0.25, 0.3) is 0 Å². The van der Waals surface area contributed by atoms with Crippen LogP contribution < -0.4 is 0 Å². The number of ether oxygens (including phenoxy) is 3. The minimum atomic E-state index is -0.794. The lowest BCUT2D eigenvalue weighted by molar-refractivity contribution is -0.167. The molecular formula is C56H98O6. The molecule has 0 N–H and O–H groups in total. The van der Waals surface area contributed by atoms with Gasteiger partial charge in [-0.2, -0.15) is 0 Å². The third kappa shape index (κ3) is 48.1. The van der Waals surface area contributed by atoms with Crippen molar-refractivity contribution in [1.82, 2.24) is 0 Å². The molecule has 0 spiro atoms. The van der Waals surface area contributed by atoms with Gasteiger partial charge >= 0.3 is 17.9 Å². The minimum absolute atomic E-state index is 0.0903. The summed E-state index contributed by atoms with van der Waals surface area (Å²) < 4.78 is 16.8. The Bertz CT molecular complexity index is 1130. The summed E-state index contributed by atoms with van der Waals surface area (Å²) in [6, 6.07) is 0. The fourth-order valence-electron chi connectivity index (χ4n) is 7.31. The molecule has 0 aromatic rings. The van der Waals surface area contributed by atoms with Gasteiger partial charge in [0.05, 0.1) is 0 Å². The van der Waals surface area contributed by atoms with Crippen LogP contribution in [0, 0.1) is 0 Å². The van der Waals surface area contributed by atoms with E-state index in [0.29, 0.717) is 19.3 Å². The Hall–Kier alpha value is -2.89.